The summed E-state index contributed by atoms with van der Waals surface area (Å²) in [6.07, 6.45) is 0. The van der Waals surface area contributed by atoms with Gasteiger partial charge in [-0.2, -0.15) is 0 Å². The maximum absolute atomic E-state index is 10.4. The van der Waals surface area contributed by atoms with Crippen LogP contribution in [0.3, 0.4) is 0 Å². The van der Waals surface area contributed by atoms with Crippen LogP contribution < -0.4 is 5.73 Å². The number of hydrogen-bond donors (Lipinski definition) is 1. The Balaban J connectivity index is 2.99. The number of aromatic nitrogens is 1. The van der Waals surface area contributed by atoms with E-state index in [9.17, 15) is 13.6 Å². The average Bonchev–Trinajstić information content (AvgIpc) is 2.33. The van der Waals surface area contributed by atoms with E-state index in [0.29, 0.717) is 0 Å². The summed E-state index contributed by atoms with van der Waals surface area (Å²) in [6.45, 7) is 0. The zero-order chi connectivity index (χ0) is 8.43. The van der Waals surface area contributed by atoms with Crippen molar-refractivity contribution < 1.29 is 13.6 Å². The molecule has 0 aromatic carbocycles. The molecule has 1 aromatic rings. The Morgan fingerprint density at radius 1 is 1.82 bits per heavy atom. The molecule has 1 unspecified atom stereocenters. The van der Waals surface area contributed by atoms with Crippen LogP contribution in [0.25, 0.3) is 0 Å². The maximum atomic E-state index is 10.4. The number of thiazole rings is 1. The van der Waals surface area contributed by atoms with E-state index in [2.05, 4.69) is 4.98 Å². The van der Waals surface area contributed by atoms with Crippen molar-refractivity contribution in [2.45, 2.75) is 4.34 Å². The standard InChI is InChI=1S/C4H4N2O3S2/c5-3(7)2-1-10-4(6-2)11(8)9/h1H,(H2,5,7)(H,8,9)/p-1. The molecule has 7 heteroatoms. The van der Waals surface area contributed by atoms with Crippen molar-refractivity contribution in [3.8, 4) is 0 Å². The Kier molecular flexibility index (Phi) is 2.32. The highest BCUT2D eigenvalue weighted by atomic mass is 32.2. The molecular formula is C4H3N2O3S2-. The SMILES string of the molecule is NC(=O)c1csc(S(=O)[O-])n1. The molecule has 5 nitrogen and oxygen atoms in total. The molecule has 11 heavy (non-hydrogen) atoms. The first-order valence-electron chi connectivity index (χ1n) is 2.46. The van der Waals surface area contributed by atoms with Gasteiger partial charge in [-0.3, -0.25) is 9.00 Å². The molecule has 0 saturated heterocycles. The zero-order valence-corrected chi connectivity index (χ0v) is 6.78. The van der Waals surface area contributed by atoms with E-state index in [4.69, 9.17) is 5.73 Å². The van der Waals surface area contributed by atoms with Gasteiger partial charge in [0.15, 0.2) is 4.34 Å². The van der Waals surface area contributed by atoms with Gasteiger partial charge in [0.25, 0.3) is 5.91 Å². The van der Waals surface area contributed by atoms with E-state index in [-0.39, 0.29) is 10.0 Å². The maximum Gasteiger partial charge on any atom is 0.268 e. The molecule has 60 valence electrons. The molecule has 1 rings (SSSR count). The monoisotopic (exact) mass is 191 g/mol. The summed E-state index contributed by atoms with van der Waals surface area (Å²) in [5, 5.41) is 1.30. The lowest BCUT2D eigenvalue weighted by Gasteiger charge is -1.95. The minimum absolute atomic E-state index is 0.0193. The largest absolute Gasteiger partial charge is 0.767 e. The first-order chi connectivity index (χ1) is 5.11. The lowest BCUT2D eigenvalue weighted by Crippen LogP contribution is -2.11. The van der Waals surface area contributed by atoms with E-state index >= 15 is 0 Å². The number of hydrogen-bond acceptors (Lipinski definition) is 5. The lowest BCUT2D eigenvalue weighted by atomic mass is 10.5. The van der Waals surface area contributed by atoms with Crippen molar-refractivity contribution in [1.82, 2.24) is 4.98 Å². The van der Waals surface area contributed by atoms with Crippen LogP contribution in [0.4, 0.5) is 0 Å². The summed E-state index contributed by atoms with van der Waals surface area (Å²) < 4.78 is 20.3. The Bertz CT molecular complexity index is 280. The molecule has 0 fully saturated rings. The lowest BCUT2D eigenvalue weighted by molar-refractivity contribution is 0.0996. The Hall–Kier alpha value is -0.790. The molecule has 0 aliphatic carbocycles. The number of primary amides is 1. The zero-order valence-electron chi connectivity index (χ0n) is 5.14. The average molecular weight is 191 g/mol. The van der Waals surface area contributed by atoms with Crippen LogP contribution in [0.1, 0.15) is 10.5 Å². The summed E-state index contributed by atoms with van der Waals surface area (Å²) in [6, 6.07) is 0. The molecule has 1 aromatic heterocycles. The van der Waals surface area contributed by atoms with Crippen molar-refractivity contribution in [3.63, 3.8) is 0 Å². The quantitative estimate of drug-likeness (QED) is 0.636. The predicted molar refractivity (Wildman–Crippen MR) is 37.8 cm³/mol. The highest BCUT2D eigenvalue weighted by Crippen LogP contribution is 2.11. The van der Waals surface area contributed by atoms with E-state index in [1.54, 1.807) is 0 Å². The second kappa shape index (κ2) is 3.07. The summed E-state index contributed by atoms with van der Waals surface area (Å²) in [7, 11) is 0. The number of rotatable bonds is 2. The van der Waals surface area contributed by atoms with Gasteiger partial charge in [-0.15, -0.1) is 11.3 Å². The number of nitrogens with zero attached hydrogens (tertiary/aromatic N) is 1. The molecular weight excluding hydrogens is 188 g/mol. The number of carbonyl (C=O) groups is 1. The van der Waals surface area contributed by atoms with Crippen LogP contribution in [-0.2, 0) is 11.1 Å². The van der Waals surface area contributed by atoms with Crippen molar-refractivity contribution >= 4 is 28.3 Å². The van der Waals surface area contributed by atoms with Crippen LogP contribution in [0.5, 0.6) is 0 Å². The van der Waals surface area contributed by atoms with Crippen LogP contribution in [0.15, 0.2) is 9.72 Å². The second-order valence-electron chi connectivity index (χ2n) is 1.60. The van der Waals surface area contributed by atoms with E-state index in [1.807, 2.05) is 0 Å². The summed E-state index contributed by atoms with van der Waals surface area (Å²) in [5.74, 6) is -0.724. The number of nitrogens with two attached hydrogens (primary N) is 1. The first kappa shape index (κ1) is 8.31. The fourth-order valence-electron chi connectivity index (χ4n) is 0.447. The fourth-order valence-corrected chi connectivity index (χ4v) is 1.61. The number of carbonyl (C=O) groups excluding carboxylic acids is 1. The second-order valence-corrected chi connectivity index (χ2v) is 3.57. The van der Waals surface area contributed by atoms with Crippen LogP contribution in [0, 0.1) is 0 Å². The molecule has 0 aliphatic heterocycles. The molecule has 0 saturated carbocycles. The van der Waals surface area contributed by atoms with Crippen LogP contribution >= 0.6 is 11.3 Å². The highest BCUT2D eigenvalue weighted by Gasteiger charge is 2.05. The highest BCUT2D eigenvalue weighted by molar-refractivity contribution is 7.81. The molecule has 0 aliphatic rings. The first-order valence-corrected chi connectivity index (χ1v) is 4.41. The predicted octanol–water partition coefficient (Wildman–Crippen LogP) is -0.520. The van der Waals surface area contributed by atoms with Gasteiger partial charge in [0.05, 0.1) is 0 Å². The molecule has 0 radical (unpaired) electrons. The third kappa shape index (κ3) is 1.82. The minimum Gasteiger partial charge on any atom is -0.767 e. The summed E-state index contributed by atoms with van der Waals surface area (Å²) >= 11 is -1.51. The molecule has 1 heterocycles. The summed E-state index contributed by atoms with van der Waals surface area (Å²) in [5.41, 5.74) is 4.81. The molecule has 0 spiro atoms. The van der Waals surface area contributed by atoms with Gasteiger partial charge >= 0.3 is 0 Å². The molecule has 1 amide bonds. The number of amides is 1. The van der Waals surface area contributed by atoms with E-state index in [1.165, 1.54) is 5.38 Å². The van der Waals surface area contributed by atoms with Gasteiger partial charge in [0.2, 0.25) is 0 Å². The Labute approximate surface area is 68.5 Å². The smallest absolute Gasteiger partial charge is 0.268 e. The van der Waals surface area contributed by atoms with Crippen LogP contribution in [0.2, 0.25) is 0 Å². The van der Waals surface area contributed by atoms with Gasteiger partial charge in [-0.25, -0.2) is 4.98 Å². The van der Waals surface area contributed by atoms with Crippen molar-refractivity contribution in [1.29, 1.82) is 0 Å². The third-order valence-electron chi connectivity index (χ3n) is 0.878. The fraction of sp³-hybridized carbons (Fsp3) is 0. The summed E-state index contributed by atoms with van der Waals surface area (Å²) in [4.78, 5) is 13.8. The Morgan fingerprint density at radius 3 is 2.73 bits per heavy atom. The van der Waals surface area contributed by atoms with Gasteiger partial charge in [0, 0.05) is 16.5 Å². The van der Waals surface area contributed by atoms with Gasteiger partial charge < -0.3 is 10.3 Å². The molecule has 1 atom stereocenters. The van der Waals surface area contributed by atoms with Gasteiger partial charge in [-0.1, -0.05) is 0 Å². The van der Waals surface area contributed by atoms with E-state index in [0.717, 1.165) is 11.3 Å². The Morgan fingerprint density at radius 2 is 2.45 bits per heavy atom. The topological polar surface area (TPSA) is 96.1 Å². The van der Waals surface area contributed by atoms with E-state index < -0.39 is 17.0 Å². The van der Waals surface area contributed by atoms with Crippen molar-refractivity contribution in [2.75, 3.05) is 0 Å². The normalized spacial score (nSPS) is 12.8. The van der Waals surface area contributed by atoms with Gasteiger partial charge in [0.1, 0.15) is 5.69 Å². The van der Waals surface area contributed by atoms with Crippen molar-refractivity contribution in [2.24, 2.45) is 5.73 Å². The minimum atomic E-state index is -2.38. The van der Waals surface area contributed by atoms with Crippen LogP contribution in [-0.4, -0.2) is 19.7 Å². The molecule has 2 N–H and O–H groups in total. The van der Waals surface area contributed by atoms with Gasteiger partial charge in [-0.05, 0) is 0 Å². The third-order valence-corrected chi connectivity index (χ3v) is 2.59. The van der Waals surface area contributed by atoms with Crippen molar-refractivity contribution in [3.05, 3.63) is 11.1 Å². The molecule has 0 bridgehead atoms.